The highest BCUT2D eigenvalue weighted by Gasteiger charge is 2.24. The summed E-state index contributed by atoms with van der Waals surface area (Å²) in [6.45, 7) is 5.82. The molecule has 0 spiro atoms. The van der Waals surface area contributed by atoms with Crippen molar-refractivity contribution in [2.45, 2.75) is 78.6 Å². The van der Waals surface area contributed by atoms with E-state index in [9.17, 15) is 14.4 Å². The van der Waals surface area contributed by atoms with E-state index in [1.807, 2.05) is 26.0 Å². The highest BCUT2D eigenvalue weighted by molar-refractivity contribution is 9.10. The van der Waals surface area contributed by atoms with E-state index >= 15 is 0 Å². The van der Waals surface area contributed by atoms with Crippen molar-refractivity contribution in [3.05, 3.63) is 27.7 Å². The van der Waals surface area contributed by atoms with Crippen molar-refractivity contribution in [1.82, 2.24) is 0 Å². The Balaban J connectivity index is 2.58. The molecular weight excluding hydrogens is 478 g/mol. The lowest BCUT2D eigenvalue weighted by Gasteiger charge is -2.25. The molecule has 7 heteroatoms. The fourth-order valence-electron chi connectivity index (χ4n) is 3.41. The maximum absolute atomic E-state index is 12.9. The van der Waals surface area contributed by atoms with Crippen LogP contribution < -0.4 is 4.90 Å². The van der Waals surface area contributed by atoms with Gasteiger partial charge in [0.05, 0.1) is 18.6 Å². The predicted octanol–water partition coefficient (Wildman–Crippen LogP) is 6.36. The molecule has 0 saturated heterocycles. The zero-order chi connectivity index (χ0) is 23.2. The molecule has 1 rings (SSSR count). The van der Waals surface area contributed by atoms with Crippen molar-refractivity contribution in [2.75, 3.05) is 24.3 Å². The zero-order valence-electron chi connectivity index (χ0n) is 19.3. The van der Waals surface area contributed by atoms with Gasteiger partial charge in [-0.3, -0.25) is 19.3 Å². The number of methoxy groups -OCH3 is 1. The first kappa shape index (κ1) is 27.7. The smallest absolute Gasteiger partial charge is 0.325 e. The maximum Gasteiger partial charge on any atom is 0.325 e. The monoisotopic (exact) mass is 513 g/mol. The molecule has 174 valence electrons. The molecule has 0 heterocycles. The number of hydrogen-bond acceptors (Lipinski definition) is 5. The maximum atomic E-state index is 12.9. The molecule has 0 saturated carbocycles. The van der Waals surface area contributed by atoms with Gasteiger partial charge < -0.3 is 4.74 Å². The fourth-order valence-corrected chi connectivity index (χ4v) is 4.46. The van der Waals surface area contributed by atoms with E-state index in [2.05, 4.69) is 22.9 Å². The Labute approximate surface area is 199 Å². The highest BCUT2D eigenvalue weighted by Crippen LogP contribution is 2.31. The van der Waals surface area contributed by atoms with Crippen LogP contribution in [0.25, 0.3) is 0 Å². The number of nitrogens with zero attached hydrogens (tertiary/aromatic N) is 1. The SMILES string of the molecule is CCCCCCCCCCC(=O)SCC(=O)N(CC(=O)OC)c1c(C)ccc(Br)c1C. The van der Waals surface area contributed by atoms with Crippen LogP contribution in [0.4, 0.5) is 5.69 Å². The number of thioether (sulfide) groups is 1. The zero-order valence-corrected chi connectivity index (χ0v) is 21.7. The molecule has 0 bridgehead atoms. The molecule has 0 aromatic heterocycles. The number of esters is 1. The first-order chi connectivity index (χ1) is 14.8. The van der Waals surface area contributed by atoms with Gasteiger partial charge in [-0.25, -0.2) is 0 Å². The second kappa shape index (κ2) is 15.5. The number of carbonyl (C=O) groups is 3. The Morgan fingerprint density at radius 1 is 1.00 bits per heavy atom. The Hall–Kier alpha value is -1.34. The minimum Gasteiger partial charge on any atom is -0.468 e. The summed E-state index contributed by atoms with van der Waals surface area (Å²) in [5.41, 5.74) is 2.43. The third-order valence-electron chi connectivity index (χ3n) is 5.24. The summed E-state index contributed by atoms with van der Waals surface area (Å²) in [4.78, 5) is 38.5. The normalized spacial score (nSPS) is 10.7. The largest absolute Gasteiger partial charge is 0.468 e. The Morgan fingerprint density at radius 3 is 2.23 bits per heavy atom. The number of hydrogen-bond donors (Lipinski definition) is 0. The van der Waals surface area contributed by atoms with E-state index in [-0.39, 0.29) is 23.3 Å². The summed E-state index contributed by atoms with van der Waals surface area (Å²) in [5.74, 6) is -0.760. The van der Waals surface area contributed by atoms with Gasteiger partial charge in [-0.1, -0.05) is 85.6 Å². The minimum atomic E-state index is -0.498. The number of ether oxygens (including phenoxy) is 1. The Kier molecular flexibility index (Phi) is 13.8. The molecule has 1 aromatic carbocycles. The number of unbranched alkanes of at least 4 members (excludes halogenated alkanes) is 7. The molecule has 0 N–H and O–H groups in total. The Bertz CT molecular complexity index is 739. The van der Waals surface area contributed by atoms with Crippen LogP contribution in [-0.4, -0.2) is 36.4 Å². The lowest BCUT2D eigenvalue weighted by atomic mass is 10.1. The van der Waals surface area contributed by atoms with Gasteiger partial charge in [-0.15, -0.1) is 0 Å². The standard InChI is InChI=1S/C24H36BrNO4S/c1-5-6-7-8-9-10-11-12-13-23(29)31-17-21(27)26(16-22(28)30-4)24-18(2)14-15-20(25)19(24)3/h14-15H,5-13,16-17H2,1-4H3. The van der Waals surface area contributed by atoms with E-state index < -0.39 is 5.97 Å². The van der Waals surface area contributed by atoms with Crippen molar-refractivity contribution in [2.24, 2.45) is 0 Å². The second-order valence-corrected chi connectivity index (χ2v) is 9.67. The summed E-state index contributed by atoms with van der Waals surface area (Å²) >= 11 is 4.53. The van der Waals surface area contributed by atoms with Crippen molar-refractivity contribution in [3.8, 4) is 0 Å². The van der Waals surface area contributed by atoms with Gasteiger partial charge in [0.15, 0.2) is 5.12 Å². The minimum absolute atomic E-state index is 0.0121. The van der Waals surface area contributed by atoms with Gasteiger partial charge in [-0.2, -0.15) is 0 Å². The lowest BCUT2D eigenvalue weighted by molar-refractivity contribution is -0.139. The summed E-state index contributed by atoms with van der Waals surface area (Å²) in [6.07, 6.45) is 9.92. The van der Waals surface area contributed by atoms with Crippen molar-refractivity contribution >= 4 is 50.4 Å². The Morgan fingerprint density at radius 2 is 1.61 bits per heavy atom. The van der Waals surface area contributed by atoms with E-state index in [4.69, 9.17) is 4.74 Å². The summed E-state index contributed by atoms with van der Waals surface area (Å²) in [5, 5.41) is 0.0278. The third-order valence-corrected chi connectivity index (χ3v) is 7.02. The van der Waals surface area contributed by atoms with E-state index in [0.29, 0.717) is 12.1 Å². The number of carbonyl (C=O) groups excluding carboxylic acids is 3. The van der Waals surface area contributed by atoms with Crippen LogP contribution >= 0.6 is 27.7 Å². The molecule has 0 aliphatic heterocycles. The molecule has 0 unspecified atom stereocenters. The first-order valence-electron chi connectivity index (χ1n) is 11.1. The summed E-state index contributed by atoms with van der Waals surface area (Å²) < 4.78 is 5.63. The fraction of sp³-hybridized carbons (Fsp3) is 0.625. The van der Waals surface area contributed by atoms with Crippen LogP contribution in [0, 0.1) is 13.8 Å². The first-order valence-corrected chi connectivity index (χ1v) is 12.9. The van der Waals surface area contributed by atoms with Crippen LogP contribution in [0.15, 0.2) is 16.6 Å². The molecule has 0 aliphatic rings. The van der Waals surface area contributed by atoms with Gasteiger partial charge in [0.1, 0.15) is 6.54 Å². The van der Waals surface area contributed by atoms with E-state index in [1.165, 1.54) is 44.1 Å². The van der Waals surface area contributed by atoms with E-state index in [1.54, 1.807) is 0 Å². The van der Waals surface area contributed by atoms with Crippen molar-refractivity contribution in [3.63, 3.8) is 0 Å². The second-order valence-electron chi connectivity index (χ2n) is 7.78. The van der Waals surface area contributed by atoms with Gasteiger partial charge in [0, 0.05) is 10.9 Å². The summed E-state index contributed by atoms with van der Waals surface area (Å²) in [7, 11) is 1.30. The molecule has 0 aliphatic carbocycles. The molecule has 1 aromatic rings. The molecular formula is C24H36BrNO4S. The number of rotatable bonds is 14. The molecule has 0 radical (unpaired) electrons. The molecule has 0 atom stereocenters. The quantitative estimate of drug-likeness (QED) is 0.214. The lowest BCUT2D eigenvalue weighted by Crippen LogP contribution is -2.38. The van der Waals surface area contributed by atoms with Crippen molar-refractivity contribution in [1.29, 1.82) is 0 Å². The highest BCUT2D eigenvalue weighted by atomic mass is 79.9. The van der Waals surface area contributed by atoms with Crippen LogP contribution in [0.2, 0.25) is 0 Å². The number of amides is 1. The topological polar surface area (TPSA) is 63.7 Å². The third kappa shape index (κ3) is 10.2. The molecule has 31 heavy (non-hydrogen) atoms. The van der Waals surface area contributed by atoms with E-state index in [0.717, 1.165) is 46.6 Å². The van der Waals surface area contributed by atoms with Gasteiger partial charge in [-0.05, 0) is 37.5 Å². The van der Waals surface area contributed by atoms with Gasteiger partial charge in [0.2, 0.25) is 5.91 Å². The van der Waals surface area contributed by atoms with Crippen LogP contribution in [0.3, 0.4) is 0 Å². The predicted molar refractivity (Wildman–Crippen MR) is 133 cm³/mol. The van der Waals surface area contributed by atoms with Crippen molar-refractivity contribution < 1.29 is 19.1 Å². The van der Waals surface area contributed by atoms with Crippen LogP contribution in [-0.2, 0) is 19.1 Å². The average molecular weight is 515 g/mol. The number of halogens is 1. The number of benzene rings is 1. The molecule has 0 fully saturated rings. The summed E-state index contributed by atoms with van der Waals surface area (Å²) in [6, 6.07) is 3.81. The van der Waals surface area contributed by atoms with Gasteiger partial charge in [0.25, 0.3) is 0 Å². The number of anilines is 1. The van der Waals surface area contributed by atoms with Crippen LogP contribution in [0.1, 0.15) is 75.8 Å². The van der Waals surface area contributed by atoms with Gasteiger partial charge >= 0.3 is 5.97 Å². The average Bonchev–Trinajstić information content (AvgIpc) is 2.75. The molecule has 5 nitrogen and oxygen atoms in total. The van der Waals surface area contributed by atoms with Crippen LogP contribution in [0.5, 0.6) is 0 Å². The molecule has 1 amide bonds. The number of aryl methyl sites for hydroxylation is 1.